The van der Waals surface area contributed by atoms with E-state index in [1.54, 1.807) is 0 Å². The normalized spacial score (nSPS) is 11.0. The minimum Gasteiger partial charge on any atom is -0.313 e. The molecule has 2 rings (SSSR count). The first-order chi connectivity index (χ1) is 9.69. The van der Waals surface area contributed by atoms with Crippen LogP contribution in [-0.2, 0) is 13.0 Å². The molecule has 2 aromatic rings. The maximum absolute atomic E-state index is 4.73. The van der Waals surface area contributed by atoms with Gasteiger partial charge in [-0.25, -0.2) is 4.68 Å². The van der Waals surface area contributed by atoms with Crippen LogP contribution in [0.2, 0.25) is 0 Å². The van der Waals surface area contributed by atoms with Crippen LogP contribution in [0.4, 0.5) is 0 Å². The summed E-state index contributed by atoms with van der Waals surface area (Å²) < 4.78 is 2.09. The lowest BCUT2D eigenvalue weighted by molar-refractivity contribution is 0.669. The second-order valence-corrected chi connectivity index (χ2v) is 5.22. The maximum Gasteiger partial charge on any atom is 0.0693 e. The number of hydrogen-bond acceptors (Lipinski definition) is 2. The first kappa shape index (κ1) is 14.8. The molecule has 1 N–H and O–H groups in total. The van der Waals surface area contributed by atoms with Crippen molar-refractivity contribution >= 4 is 0 Å². The van der Waals surface area contributed by atoms with E-state index in [0.29, 0.717) is 0 Å². The van der Waals surface area contributed by atoms with Gasteiger partial charge in [0.05, 0.1) is 11.4 Å². The Balaban J connectivity index is 2.37. The van der Waals surface area contributed by atoms with Gasteiger partial charge in [0.1, 0.15) is 0 Å². The van der Waals surface area contributed by atoms with Crippen LogP contribution < -0.4 is 5.32 Å². The first-order valence-electron chi connectivity index (χ1n) is 7.53. The van der Waals surface area contributed by atoms with Gasteiger partial charge < -0.3 is 5.32 Å². The molecule has 3 nitrogen and oxygen atoms in total. The van der Waals surface area contributed by atoms with Crippen LogP contribution in [0, 0.1) is 13.8 Å². The number of rotatable bonds is 6. The molecular formula is C17H25N3. The van der Waals surface area contributed by atoms with E-state index in [9.17, 15) is 0 Å². The van der Waals surface area contributed by atoms with Gasteiger partial charge >= 0.3 is 0 Å². The SMILES string of the molecule is CCCNCc1ccccc1-n1nc(C)c(CC)c1C. The molecule has 1 aromatic heterocycles. The number of hydrogen-bond donors (Lipinski definition) is 1. The van der Waals surface area contributed by atoms with E-state index in [0.717, 1.165) is 31.6 Å². The van der Waals surface area contributed by atoms with Gasteiger partial charge in [0, 0.05) is 12.2 Å². The largest absolute Gasteiger partial charge is 0.313 e. The summed E-state index contributed by atoms with van der Waals surface area (Å²) in [5.41, 5.74) is 6.25. The van der Waals surface area contributed by atoms with Gasteiger partial charge in [-0.1, -0.05) is 32.0 Å². The van der Waals surface area contributed by atoms with Crippen molar-refractivity contribution in [1.82, 2.24) is 15.1 Å². The number of aromatic nitrogens is 2. The Morgan fingerprint density at radius 3 is 2.55 bits per heavy atom. The molecule has 0 radical (unpaired) electrons. The van der Waals surface area contributed by atoms with E-state index in [1.807, 2.05) is 0 Å². The number of nitrogens with zero attached hydrogens (tertiary/aromatic N) is 2. The summed E-state index contributed by atoms with van der Waals surface area (Å²) in [7, 11) is 0. The van der Waals surface area contributed by atoms with E-state index in [1.165, 1.54) is 22.5 Å². The zero-order chi connectivity index (χ0) is 14.5. The smallest absolute Gasteiger partial charge is 0.0693 e. The highest BCUT2D eigenvalue weighted by Gasteiger charge is 2.13. The van der Waals surface area contributed by atoms with E-state index in [4.69, 9.17) is 5.10 Å². The van der Waals surface area contributed by atoms with Crippen LogP contribution in [0.3, 0.4) is 0 Å². The quantitative estimate of drug-likeness (QED) is 0.814. The lowest BCUT2D eigenvalue weighted by Gasteiger charge is -2.12. The van der Waals surface area contributed by atoms with Crippen LogP contribution in [-0.4, -0.2) is 16.3 Å². The fourth-order valence-electron chi connectivity index (χ4n) is 2.69. The number of para-hydroxylation sites is 1. The van der Waals surface area contributed by atoms with Gasteiger partial charge in [-0.3, -0.25) is 0 Å². The predicted octanol–water partition coefficient (Wildman–Crippen LogP) is 3.55. The third-order valence-corrected chi connectivity index (χ3v) is 3.76. The molecule has 1 aromatic carbocycles. The lowest BCUT2D eigenvalue weighted by atomic mass is 10.1. The first-order valence-corrected chi connectivity index (χ1v) is 7.53. The van der Waals surface area contributed by atoms with Gasteiger partial charge in [-0.2, -0.15) is 5.10 Å². The Morgan fingerprint density at radius 1 is 1.15 bits per heavy atom. The van der Waals surface area contributed by atoms with Crippen LogP contribution in [0.15, 0.2) is 24.3 Å². The van der Waals surface area contributed by atoms with Crippen LogP contribution in [0.25, 0.3) is 5.69 Å². The fraction of sp³-hybridized carbons (Fsp3) is 0.471. The highest BCUT2D eigenvalue weighted by Crippen LogP contribution is 2.21. The molecule has 108 valence electrons. The topological polar surface area (TPSA) is 29.9 Å². The molecular weight excluding hydrogens is 246 g/mol. The van der Waals surface area contributed by atoms with Crippen LogP contribution in [0.1, 0.15) is 42.8 Å². The van der Waals surface area contributed by atoms with Gasteiger partial charge in [-0.15, -0.1) is 0 Å². The maximum atomic E-state index is 4.73. The third kappa shape index (κ3) is 2.93. The summed E-state index contributed by atoms with van der Waals surface area (Å²) in [5.74, 6) is 0. The minimum atomic E-state index is 0.893. The Hall–Kier alpha value is -1.61. The molecule has 0 aliphatic carbocycles. The molecule has 20 heavy (non-hydrogen) atoms. The summed E-state index contributed by atoms with van der Waals surface area (Å²) in [6, 6.07) is 8.52. The summed E-state index contributed by atoms with van der Waals surface area (Å²) in [6.07, 6.45) is 2.19. The standard InChI is InChI=1S/C17H25N3/c1-5-11-18-12-15-9-7-8-10-17(15)20-14(4)16(6-2)13(3)19-20/h7-10,18H,5-6,11-12H2,1-4H3. The lowest BCUT2D eigenvalue weighted by Crippen LogP contribution is -2.16. The Kier molecular flexibility index (Phi) is 4.96. The summed E-state index contributed by atoms with van der Waals surface area (Å²) in [5, 5.41) is 8.20. The molecule has 0 atom stereocenters. The molecule has 1 heterocycles. The second-order valence-electron chi connectivity index (χ2n) is 5.22. The van der Waals surface area contributed by atoms with Gasteiger partial charge in [0.15, 0.2) is 0 Å². The van der Waals surface area contributed by atoms with Gasteiger partial charge in [0.25, 0.3) is 0 Å². The van der Waals surface area contributed by atoms with E-state index in [2.05, 4.69) is 62.0 Å². The van der Waals surface area contributed by atoms with Gasteiger partial charge in [0.2, 0.25) is 0 Å². The van der Waals surface area contributed by atoms with Crippen molar-refractivity contribution < 1.29 is 0 Å². The van der Waals surface area contributed by atoms with Crippen molar-refractivity contribution in [2.24, 2.45) is 0 Å². The van der Waals surface area contributed by atoms with E-state index in [-0.39, 0.29) is 0 Å². The molecule has 0 saturated heterocycles. The Labute approximate surface area is 122 Å². The van der Waals surface area contributed by atoms with E-state index >= 15 is 0 Å². The number of benzene rings is 1. The number of aryl methyl sites for hydroxylation is 1. The zero-order valence-corrected chi connectivity index (χ0v) is 13.0. The molecule has 0 bridgehead atoms. The molecule has 0 aliphatic heterocycles. The zero-order valence-electron chi connectivity index (χ0n) is 13.0. The molecule has 0 aliphatic rings. The minimum absolute atomic E-state index is 0.893. The van der Waals surface area contributed by atoms with Gasteiger partial charge in [-0.05, 0) is 50.4 Å². The molecule has 3 heteroatoms. The molecule has 0 unspecified atom stereocenters. The van der Waals surface area contributed by atoms with Crippen molar-refractivity contribution in [3.05, 3.63) is 46.8 Å². The highest BCUT2D eigenvalue weighted by atomic mass is 15.3. The van der Waals surface area contributed by atoms with Crippen molar-refractivity contribution in [3.8, 4) is 5.69 Å². The Bertz CT molecular complexity index is 570. The molecule has 0 amide bonds. The Morgan fingerprint density at radius 2 is 1.90 bits per heavy atom. The van der Waals surface area contributed by atoms with E-state index < -0.39 is 0 Å². The fourth-order valence-corrected chi connectivity index (χ4v) is 2.69. The van der Waals surface area contributed by atoms with Crippen LogP contribution >= 0.6 is 0 Å². The highest BCUT2D eigenvalue weighted by molar-refractivity contribution is 5.43. The average Bonchev–Trinajstić information content (AvgIpc) is 2.74. The summed E-state index contributed by atoms with van der Waals surface area (Å²) >= 11 is 0. The number of nitrogens with one attached hydrogen (secondary N) is 1. The van der Waals surface area contributed by atoms with Crippen molar-refractivity contribution in [2.45, 2.75) is 47.1 Å². The molecule has 0 spiro atoms. The third-order valence-electron chi connectivity index (χ3n) is 3.76. The van der Waals surface area contributed by atoms with Crippen LogP contribution in [0.5, 0.6) is 0 Å². The summed E-state index contributed by atoms with van der Waals surface area (Å²) in [4.78, 5) is 0. The van der Waals surface area contributed by atoms with Crippen molar-refractivity contribution in [3.63, 3.8) is 0 Å². The molecule has 0 saturated carbocycles. The van der Waals surface area contributed by atoms with Crippen molar-refractivity contribution in [1.29, 1.82) is 0 Å². The second kappa shape index (κ2) is 6.71. The van der Waals surface area contributed by atoms with Crippen molar-refractivity contribution in [2.75, 3.05) is 6.54 Å². The predicted molar refractivity (Wildman–Crippen MR) is 84.4 cm³/mol. The summed E-state index contributed by atoms with van der Waals surface area (Å²) in [6.45, 7) is 10.6. The monoisotopic (exact) mass is 271 g/mol. The molecule has 0 fully saturated rings. The average molecular weight is 271 g/mol.